The second-order valence-corrected chi connectivity index (χ2v) is 8.98. The molecule has 0 unspecified atom stereocenters. The van der Waals surface area contributed by atoms with Crippen LogP contribution in [0.2, 0.25) is 0 Å². The van der Waals surface area contributed by atoms with Gasteiger partial charge in [0, 0.05) is 18.2 Å². The second kappa shape index (κ2) is 9.94. The summed E-state index contributed by atoms with van der Waals surface area (Å²) in [7, 11) is -2.77. The summed E-state index contributed by atoms with van der Waals surface area (Å²) in [5.41, 5.74) is 0.751. The van der Waals surface area contributed by atoms with Crippen molar-refractivity contribution in [2.24, 2.45) is 0 Å². The minimum Gasteiger partial charge on any atom is -0.382 e. The number of anilines is 1. The molecule has 0 fully saturated rings. The molecule has 1 aromatic heterocycles. The van der Waals surface area contributed by atoms with Gasteiger partial charge in [0.2, 0.25) is 5.88 Å². The molecule has 0 amide bonds. The molecule has 0 saturated carbocycles. The van der Waals surface area contributed by atoms with Gasteiger partial charge in [0.25, 0.3) is 10.0 Å². The van der Waals surface area contributed by atoms with Gasteiger partial charge in [-0.05, 0) is 37.6 Å². The Bertz CT molecular complexity index is 1190. The third-order valence-electron chi connectivity index (χ3n) is 4.98. The summed E-state index contributed by atoms with van der Waals surface area (Å²) < 4.78 is 82.9. The maximum Gasteiger partial charge on any atom is 0.416 e. The summed E-state index contributed by atoms with van der Waals surface area (Å²) in [6, 6.07) is 10.3. The van der Waals surface area contributed by atoms with E-state index in [1.807, 2.05) is 0 Å². The molecular weight excluding hydrogens is 461 g/mol. The number of methoxy groups -OCH3 is 1. The van der Waals surface area contributed by atoms with E-state index in [0.717, 1.165) is 16.4 Å². The molecule has 0 aliphatic carbocycles. The van der Waals surface area contributed by atoms with E-state index in [9.17, 15) is 21.6 Å². The first-order chi connectivity index (χ1) is 15.6. The zero-order chi connectivity index (χ0) is 24.2. The Morgan fingerprint density at radius 1 is 1.03 bits per heavy atom. The van der Waals surface area contributed by atoms with Gasteiger partial charge in [-0.15, -0.1) is 0 Å². The van der Waals surface area contributed by atoms with E-state index in [1.165, 1.54) is 37.4 Å². The molecule has 1 heterocycles. The average Bonchev–Trinajstić information content (AvgIpc) is 3.11. The Kier molecular flexibility index (Phi) is 7.45. The number of sulfonamides is 1. The minimum atomic E-state index is -4.50. The lowest BCUT2D eigenvalue weighted by Crippen LogP contribution is -2.34. The van der Waals surface area contributed by atoms with Crippen molar-refractivity contribution in [3.05, 3.63) is 65.4 Å². The van der Waals surface area contributed by atoms with Gasteiger partial charge in [0.1, 0.15) is 6.73 Å². The molecule has 33 heavy (non-hydrogen) atoms. The molecule has 7 nitrogen and oxygen atoms in total. The average molecular weight is 484 g/mol. The zero-order valence-corrected chi connectivity index (χ0v) is 19.0. The van der Waals surface area contributed by atoms with Gasteiger partial charge >= 0.3 is 6.18 Å². The first-order valence-corrected chi connectivity index (χ1v) is 11.3. The zero-order valence-electron chi connectivity index (χ0n) is 18.2. The topological polar surface area (TPSA) is 81.9 Å². The molecule has 0 atom stereocenters. The van der Waals surface area contributed by atoms with Crippen molar-refractivity contribution in [1.82, 2.24) is 5.16 Å². The minimum absolute atomic E-state index is 0.00728. The Morgan fingerprint density at radius 3 is 2.27 bits per heavy atom. The Labute approximate surface area is 189 Å². The second-order valence-electron chi connectivity index (χ2n) is 7.15. The molecular formula is C22H23F3N2O5S. The molecule has 3 aromatic rings. The molecule has 0 aliphatic rings. The van der Waals surface area contributed by atoms with Crippen LogP contribution in [0.15, 0.2) is 57.9 Å². The first-order valence-electron chi connectivity index (χ1n) is 9.86. The van der Waals surface area contributed by atoms with Crippen molar-refractivity contribution in [3.8, 4) is 11.1 Å². The number of rotatable bonds is 9. The van der Waals surface area contributed by atoms with Gasteiger partial charge < -0.3 is 14.0 Å². The van der Waals surface area contributed by atoms with Gasteiger partial charge in [-0.1, -0.05) is 35.5 Å². The highest BCUT2D eigenvalue weighted by Crippen LogP contribution is 2.35. The number of halogens is 3. The number of aromatic nitrogens is 1. The summed E-state index contributed by atoms with van der Waals surface area (Å²) in [6.07, 6.45) is -4.50. The van der Waals surface area contributed by atoms with Crippen LogP contribution in [0.4, 0.5) is 19.1 Å². The fourth-order valence-corrected chi connectivity index (χ4v) is 4.60. The quantitative estimate of drug-likeness (QED) is 0.321. The molecule has 178 valence electrons. The van der Waals surface area contributed by atoms with Gasteiger partial charge in [-0.3, -0.25) is 0 Å². The summed E-state index contributed by atoms with van der Waals surface area (Å²) in [5, 5.41) is 3.83. The molecule has 11 heteroatoms. The van der Waals surface area contributed by atoms with Crippen LogP contribution in [0.3, 0.4) is 0 Å². The largest absolute Gasteiger partial charge is 0.416 e. The van der Waals surface area contributed by atoms with E-state index in [1.54, 1.807) is 19.9 Å². The highest BCUT2D eigenvalue weighted by molar-refractivity contribution is 7.93. The van der Waals surface area contributed by atoms with Crippen molar-refractivity contribution >= 4 is 15.9 Å². The van der Waals surface area contributed by atoms with Crippen molar-refractivity contribution in [2.75, 3.05) is 31.4 Å². The molecule has 0 N–H and O–H groups in total. The third-order valence-corrected chi connectivity index (χ3v) is 6.74. The molecule has 0 spiro atoms. The fourth-order valence-electron chi connectivity index (χ4n) is 3.05. The normalized spacial score (nSPS) is 12.2. The van der Waals surface area contributed by atoms with Crippen molar-refractivity contribution in [1.29, 1.82) is 0 Å². The number of aryl methyl sites for hydroxylation is 1. The highest BCUT2D eigenvalue weighted by Gasteiger charge is 2.33. The van der Waals surface area contributed by atoms with E-state index in [2.05, 4.69) is 5.16 Å². The van der Waals surface area contributed by atoms with Gasteiger partial charge in [0.05, 0.1) is 29.4 Å². The van der Waals surface area contributed by atoms with Crippen molar-refractivity contribution in [3.63, 3.8) is 0 Å². The van der Waals surface area contributed by atoms with Crippen LogP contribution >= 0.6 is 0 Å². The first kappa shape index (κ1) is 24.7. The Hall–Kier alpha value is -2.89. The van der Waals surface area contributed by atoms with Crippen LogP contribution in [0, 0.1) is 13.8 Å². The van der Waals surface area contributed by atoms with E-state index in [0.29, 0.717) is 16.8 Å². The van der Waals surface area contributed by atoms with Crippen LogP contribution in [0.1, 0.15) is 16.8 Å². The van der Waals surface area contributed by atoms with E-state index < -0.39 is 21.8 Å². The maximum absolute atomic E-state index is 13.7. The van der Waals surface area contributed by atoms with Crippen LogP contribution in [-0.2, 0) is 25.7 Å². The molecule has 0 saturated heterocycles. The van der Waals surface area contributed by atoms with Crippen LogP contribution in [0.5, 0.6) is 0 Å². The van der Waals surface area contributed by atoms with Gasteiger partial charge in [0.15, 0.2) is 0 Å². The predicted octanol–water partition coefficient (Wildman–Crippen LogP) is 4.79. The number of nitrogens with zero attached hydrogens (tertiary/aromatic N) is 2. The maximum atomic E-state index is 13.7. The van der Waals surface area contributed by atoms with Crippen LogP contribution < -0.4 is 4.31 Å². The van der Waals surface area contributed by atoms with Gasteiger partial charge in [-0.2, -0.15) is 13.2 Å². The Morgan fingerprint density at radius 2 is 1.70 bits per heavy atom. The molecule has 2 aromatic carbocycles. The molecule has 0 bridgehead atoms. The number of ether oxygens (including phenoxy) is 2. The van der Waals surface area contributed by atoms with Crippen LogP contribution in [0.25, 0.3) is 11.1 Å². The number of benzene rings is 2. The van der Waals surface area contributed by atoms with E-state index >= 15 is 0 Å². The lowest BCUT2D eigenvalue weighted by Gasteiger charge is -2.23. The van der Waals surface area contributed by atoms with Crippen LogP contribution in [-0.4, -0.2) is 40.6 Å². The molecule has 0 radical (unpaired) electrons. The summed E-state index contributed by atoms with van der Waals surface area (Å²) in [5.74, 6) is -0.00728. The summed E-state index contributed by atoms with van der Waals surface area (Å²) in [4.78, 5) is -0.117. The monoisotopic (exact) mass is 484 g/mol. The fraction of sp³-hybridized carbons (Fsp3) is 0.318. The SMILES string of the molecule is COCCOCN(c1onc(C)c1C)S(=O)(=O)c1ccccc1-c1ccc(C(F)(F)F)cc1. The summed E-state index contributed by atoms with van der Waals surface area (Å²) >= 11 is 0. The molecule has 3 rings (SSSR count). The predicted molar refractivity (Wildman–Crippen MR) is 115 cm³/mol. The van der Waals surface area contributed by atoms with E-state index in [4.69, 9.17) is 14.0 Å². The number of alkyl halides is 3. The lowest BCUT2D eigenvalue weighted by atomic mass is 10.0. The smallest absolute Gasteiger partial charge is 0.382 e. The molecule has 0 aliphatic heterocycles. The number of hydrogen-bond acceptors (Lipinski definition) is 6. The Balaban J connectivity index is 2.06. The van der Waals surface area contributed by atoms with Crippen molar-refractivity contribution < 1.29 is 35.6 Å². The third kappa shape index (κ3) is 5.37. The van der Waals surface area contributed by atoms with Gasteiger partial charge in [-0.25, -0.2) is 12.7 Å². The number of hydrogen-bond donors (Lipinski definition) is 0. The van der Waals surface area contributed by atoms with Crippen molar-refractivity contribution in [2.45, 2.75) is 24.9 Å². The highest BCUT2D eigenvalue weighted by atomic mass is 32.2. The van der Waals surface area contributed by atoms with E-state index in [-0.39, 0.29) is 36.3 Å². The standard InChI is InChI=1S/C22H23F3N2O5S/c1-15-16(2)26-32-21(15)27(14-31-13-12-30-3)33(28,29)20-7-5-4-6-19(20)17-8-10-18(11-9-17)22(23,24)25/h4-11H,12-14H2,1-3H3. The summed E-state index contributed by atoms with van der Waals surface area (Å²) in [6.45, 7) is 3.36. The lowest BCUT2D eigenvalue weighted by molar-refractivity contribution is -0.137.